The average Bonchev–Trinajstić information content (AvgIpc) is 2.77. The Hall–Kier alpha value is -3.55. The van der Waals surface area contributed by atoms with Crippen LogP contribution in [0.15, 0.2) is 66.7 Å². The summed E-state index contributed by atoms with van der Waals surface area (Å²) in [5.41, 5.74) is 6.20. The molecule has 0 saturated heterocycles. The minimum atomic E-state index is -4.53. The first-order valence-electron chi connectivity index (χ1n) is 9.84. The van der Waals surface area contributed by atoms with Crippen molar-refractivity contribution in [3.63, 3.8) is 0 Å². The van der Waals surface area contributed by atoms with Gasteiger partial charge in [0.1, 0.15) is 18.2 Å². The van der Waals surface area contributed by atoms with Gasteiger partial charge in [0.2, 0.25) is 5.91 Å². The van der Waals surface area contributed by atoms with Gasteiger partial charge in [-0.2, -0.15) is 13.2 Å². The highest BCUT2D eigenvalue weighted by atomic mass is 19.4. The summed E-state index contributed by atoms with van der Waals surface area (Å²) >= 11 is 0. The number of hydrogen-bond donors (Lipinski definition) is 2. The molecule has 32 heavy (non-hydrogen) atoms. The largest absolute Gasteiger partial charge is 0.489 e. The van der Waals surface area contributed by atoms with Gasteiger partial charge in [0, 0.05) is 12.1 Å². The second-order valence-electron chi connectivity index (χ2n) is 7.31. The van der Waals surface area contributed by atoms with Crippen molar-refractivity contribution < 1.29 is 27.1 Å². The second kappa shape index (κ2) is 9.72. The lowest BCUT2D eigenvalue weighted by atomic mass is 9.99. The lowest BCUT2D eigenvalue weighted by molar-refractivity contribution is -0.137. The topological polar surface area (TPSA) is 64.3 Å². The molecule has 0 aromatic heterocycles. The van der Waals surface area contributed by atoms with Crippen LogP contribution in [0.1, 0.15) is 35.1 Å². The van der Waals surface area contributed by atoms with E-state index in [2.05, 4.69) is 5.32 Å². The number of hydrogen-bond acceptors (Lipinski definition) is 3. The van der Waals surface area contributed by atoms with Crippen molar-refractivity contribution >= 4 is 11.6 Å². The fourth-order valence-electron chi connectivity index (χ4n) is 3.05. The fraction of sp³-hybridized carbons (Fsp3) is 0.208. The number of nitrogens with one attached hydrogen (secondary N) is 1. The zero-order chi connectivity index (χ0) is 23.3. The van der Waals surface area contributed by atoms with Gasteiger partial charge in [-0.25, -0.2) is 4.39 Å². The molecule has 0 heterocycles. The van der Waals surface area contributed by atoms with E-state index in [1.54, 1.807) is 37.3 Å². The van der Waals surface area contributed by atoms with Crippen molar-refractivity contribution in [2.24, 2.45) is 0 Å². The third kappa shape index (κ3) is 5.78. The van der Waals surface area contributed by atoms with Gasteiger partial charge in [-0.1, -0.05) is 42.5 Å². The predicted molar refractivity (Wildman–Crippen MR) is 113 cm³/mol. The van der Waals surface area contributed by atoms with E-state index in [4.69, 9.17) is 10.5 Å². The number of rotatable bonds is 7. The summed E-state index contributed by atoms with van der Waals surface area (Å²) < 4.78 is 58.9. The van der Waals surface area contributed by atoms with Crippen LogP contribution in [0.25, 0.3) is 0 Å². The molecule has 1 unspecified atom stereocenters. The average molecular weight is 446 g/mol. The monoisotopic (exact) mass is 446 g/mol. The van der Waals surface area contributed by atoms with Crippen molar-refractivity contribution in [1.82, 2.24) is 5.32 Å². The van der Waals surface area contributed by atoms with Crippen molar-refractivity contribution in [2.45, 2.75) is 32.2 Å². The Kier molecular flexibility index (Phi) is 7.02. The Balaban J connectivity index is 1.75. The summed E-state index contributed by atoms with van der Waals surface area (Å²) in [4.78, 5) is 12.5. The number of nitrogens with two attached hydrogens (primary N) is 1. The van der Waals surface area contributed by atoms with Crippen LogP contribution in [0, 0.1) is 5.82 Å². The van der Waals surface area contributed by atoms with E-state index >= 15 is 0 Å². The summed E-state index contributed by atoms with van der Waals surface area (Å²) in [6.07, 6.45) is -4.53. The minimum absolute atomic E-state index is 0.0219. The predicted octanol–water partition coefficient (Wildman–Crippen LogP) is 5.43. The van der Waals surface area contributed by atoms with Crippen LogP contribution in [-0.4, -0.2) is 5.91 Å². The van der Waals surface area contributed by atoms with E-state index in [1.807, 2.05) is 6.07 Å². The van der Waals surface area contributed by atoms with E-state index in [-0.39, 0.29) is 24.6 Å². The maximum Gasteiger partial charge on any atom is 0.416 e. The van der Waals surface area contributed by atoms with Gasteiger partial charge in [-0.3, -0.25) is 4.79 Å². The van der Waals surface area contributed by atoms with Gasteiger partial charge in [0.15, 0.2) is 0 Å². The lowest BCUT2D eigenvalue weighted by Gasteiger charge is -2.17. The summed E-state index contributed by atoms with van der Waals surface area (Å²) in [6.45, 7) is 1.62. The maximum absolute atomic E-state index is 13.7. The number of anilines is 1. The van der Waals surface area contributed by atoms with Gasteiger partial charge >= 0.3 is 6.18 Å². The highest BCUT2D eigenvalue weighted by molar-refractivity contribution is 5.83. The zero-order valence-corrected chi connectivity index (χ0v) is 17.2. The molecule has 0 fully saturated rings. The Labute approximate surface area is 183 Å². The molecule has 3 aromatic carbocycles. The first kappa shape index (κ1) is 23.1. The molecule has 0 spiro atoms. The van der Waals surface area contributed by atoms with Crippen molar-refractivity contribution in [3.8, 4) is 5.75 Å². The number of amides is 1. The number of ether oxygens (including phenoxy) is 1. The Morgan fingerprint density at radius 2 is 1.78 bits per heavy atom. The summed E-state index contributed by atoms with van der Waals surface area (Å²) in [5, 5.41) is 2.67. The highest BCUT2D eigenvalue weighted by Gasteiger charge is 2.31. The van der Waals surface area contributed by atoms with Crippen LogP contribution in [0.3, 0.4) is 0 Å². The van der Waals surface area contributed by atoms with Gasteiger partial charge in [-0.15, -0.1) is 0 Å². The number of carbonyl (C=O) groups is 1. The number of alkyl halides is 3. The molecule has 3 N–H and O–H groups in total. The number of halogens is 4. The Bertz CT molecular complexity index is 1090. The number of carbonyl (C=O) groups excluding carboxylic acids is 1. The van der Waals surface area contributed by atoms with Gasteiger partial charge in [0.25, 0.3) is 0 Å². The molecule has 1 atom stereocenters. The molecule has 8 heteroatoms. The molecule has 4 nitrogen and oxygen atoms in total. The van der Waals surface area contributed by atoms with Crippen LogP contribution < -0.4 is 15.8 Å². The van der Waals surface area contributed by atoms with Gasteiger partial charge in [-0.05, 0) is 42.3 Å². The number of nitrogen functional groups attached to an aromatic ring is 1. The fourth-order valence-corrected chi connectivity index (χ4v) is 3.05. The van der Waals surface area contributed by atoms with Crippen molar-refractivity contribution in [3.05, 3.63) is 94.8 Å². The Morgan fingerprint density at radius 3 is 2.44 bits per heavy atom. The molecule has 168 valence electrons. The summed E-state index contributed by atoms with van der Waals surface area (Å²) in [7, 11) is 0. The SMILES string of the molecule is CC(C(=O)NCc1ccc(C(F)(F)F)cc1OCc1ccccc1)c1ccc(N)c(F)c1. The first-order valence-corrected chi connectivity index (χ1v) is 9.84. The highest BCUT2D eigenvalue weighted by Crippen LogP contribution is 2.33. The number of benzene rings is 3. The normalized spacial score (nSPS) is 12.3. The standard InChI is InChI=1S/C24H22F4N2O2/c1-15(17-8-10-21(29)20(25)11-17)23(31)30-13-18-7-9-19(24(26,27)28)12-22(18)32-14-16-5-3-2-4-6-16/h2-12,15H,13-14,29H2,1H3,(H,30,31). The van der Waals surface area contributed by atoms with E-state index in [9.17, 15) is 22.4 Å². The molecule has 0 saturated carbocycles. The summed E-state index contributed by atoms with van der Waals surface area (Å²) in [6, 6.07) is 16.3. The van der Waals surface area contributed by atoms with Crippen LogP contribution in [0.5, 0.6) is 5.75 Å². The molecule has 3 rings (SSSR count). The molecule has 0 bridgehead atoms. The first-order chi connectivity index (χ1) is 15.1. The smallest absolute Gasteiger partial charge is 0.416 e. The Morgan fingerprint density at radius 1 is 1.06 bits per heavy atom. The molecule has 0 aliphatic carbocycles. The molecular weight excluding hydrogens is 424 g/mol. The van der Waals surface area contributed by atoms with Crippen molar-refractivity contribution in [1.29, 1.82) is 0 Å². The molecular formula is C24H22F4N2O2. The van der Waals surface area contributed by atoms with Gasteiger partial charge < -0.3 is 15.8 Å². The third-order valence-electron chi connectivity index (χ3n) is 5.00. The van der Waals surface area contributed by atoms with Gasteiger partial charge in [0.05, 0.1) is 17.2 Å². The van der Waals surface area contributed by atoms with E-state index in [0.29, 0.717) is 11.1 Å². The second-order valence-corrected chi connectivity index (χ2v) is 7.31. The van der Waals surface area contributed by atoms with Crippen molar-refractivity contribution in [2.75, 3.05) is 5.73 Å². The van der Waals surface area contributed by atoms with E-state index < -0.39 is 29.4 Å². The molecule has 0 radical (unpaired) electrons. The summed E-state index contributed by atoms with van der Waals surface area (Å²) in [5.74, 6) is -1.70. The molecule has 0 aliphatic rings. The maximum atomic E-state index is 13.7. The van der Waals surface area contributed by atoms with Crippen LogP contribution >= 0.6 is 0 Å². The molecule has 0 aliphatic heterocycles. The van der Waals surface area contributed by atoms with Crippen LogP contribution in [-0.2, 0) is 24.1 Å². The van der Waals surface area contributed by atoms with E-state index in [0.717, 1.165) is 17.7 Å². The van der Waals surface area contributed by atoms with E-state index in [1.165, 1.54) is 18.2 Å². The van der Waals surface area contributed by atoms with Crippen LogP contribution in [0.2, 0.25) is 0 Å². The quantitative estimate of drug-likeness (QED) is 0.376. The third-order valence-corrected chi connectivity index (χ3v) is 5.00. The lowest BCUT2D eigenvalue weighted by Crippen LogP contribution is -2.28. The molecule has 3 aromatic rings. The minimum Gasteiger partial charge on any atom is -0.489 e. The zero-order valence-electron chi connectivity index (χ0n) is 17.2. The van der Waals surface area contributed by atoms with Crippen LogP contribution in [0.4, 0.5) is 23.2 Å². The molecule has 1 amide bonds.